The summed E-state index contributed by atoms with van der Waals surface area (Å²) in [6.07, 6.45) is 3.58. The average Bonchev–Trinajstić information content (AvgIpc) is 2.99. The molecule has 0 spiro atoms. The van der Waals surface area contributed by atoms with Crippen LogP contribution in [0.15, 0.2) is 54.9 Å². The number of benzene rings is 1. The Morgan fingerprint density at radius 2 is 1.63 bits per heavy atom. The van der Waals surface area contributed by atoms with E-state index in [0.29, 0.717) is 0 Å². The van der Waals surface area contributed by atoms with Crippen molar-refractivity contribution < 1.29 is 9.80 Å². The molecule has 0 radical (unpaired) electrons. The van der Waals surface area contributed by atoms with Gasteiger partial charge >= 0.3 is 0 Å². The third kappa shape index (κ3) is 4.16. The minimum Gasteiger partial charge on any atom is -0.322 e. The first-order chi connectivity index (χ1) is 13.2. The number of hydrogen-bond donors (Lipinski definition) is 2. The van der Waals surface area contributed by atoms with Gasteiger partial charge in [0.2, 0.25) is 4.77 Å². The molecule has 3 aromatic rings. The molecule has 0 bridgehead atoms. The third-order valence-electron chi connectivity index (χ3n) is 5.31. The average molecular weight is 383 g/mol. The van der Waals surface area contributed by atoms with Crippen LogP contribution in [-0.2, 0) is 20.3 Å². The highest BCUT2D eigenvalue weighted by molar-refractivity contribution is 7.71. The van der Waals surface area contributed by atoms with Crippen LogP contribution in [0.1, 0.15) is 5.56 Å². The van der Waals surface area contributed by atoms with Crippen LogP contribution in [0.3, 0.4) is 0 Å². The molecule has 0 amide bonds. The van der Waals surface area contributed by atoms with Crippen LogP contribution in [0.4, 0.5) is 0 Å². The van der Waals surface area contributed by atoms with Crippen LogP contribution in [0.25, 0.3) is 11.4 Å². The maximum Gasteiger partial charge on any atom is 0.202 e. The molecular formula is C20H26N6S+2. The monoisotopic (exact) mass is 382 g/mol. The molecular weight excluding hydrogens is 356 g/mol. The predicted octanol–water partition coefficient (Wildman–Crippen LogP) is -0.0458. The number of pyridine rings is 1. The summed E-state index contributed by atoms with van der Waals surface area (Å²) >= 11 is 5.62. The summed E-state index contributed by atoms with van der Waals surface area (Å²) in [4.78, 5) is 7.29. The summed E-state index contributed by atoms with van der Waals surface area (Å²) in [6.45, 7) is 6.60. The number of piperazine rings is 1. The van der Waals surface area contributed by atoms with Gasteiger partial charge in [0.15, 0.2) is 12.5 Å². The fourth-order valence-corrected chi connectivity index (χ4v) is 3.92. The van der Waals surface area contributed by atoms with E-state index in [1.165, 1.54) is 18.7 Å². The first-order valence-electron chi connectivity index (χ1n) is 9.46. The molecule has 1 aliphatic heterocycles. The highest BCUT2D eigenvalue weighted by Gasteiger charge is 2.24. The first-order valence-corrected chi connectivity index (χ1v) is 9.87. The van der Waals surface area contributed by atoms with Gasteiger partial charge in [-0.2, -0.15) is 4.68 Å². The molecule has 6 nitrogen and oxygen atoms in total. The molecule has 2 N–H and O–H groups in total. The van der Waals surface area contributed by atoms with E-state index in [-0.39, 0.29) is 0 Å². The lowest BCUT2D eigenvalue weighted by atomic mass is 10.2. The standard InChI is InChI=1S/C20H24N6S/c1-23-19(18-7-9-21-10-8-18)22-26(20(23)27)16-25-13-11-24(12-14-25)15-17-5-3-2-4-6-17/h2-10H,11-16H2,1H3/p+2. The van der Waals surface area contributed by atoms with Crippen molar-refractivity contribution in [2.45, 2.75) is 13.2 Å². The summed E-state index contributed by atoms with van der Waals surface area (Å²) in [6, 6.07) is 14.7. The van der Waals surface area contributed by atoms with E-state index in [1.54, 1.807) is 22.2 Å². The highest BCUT2D eigenvalue weighted by atomic mass is 32.1. The van der Waals surface area contributed by atoms with E-state index in [0.717, 1.165) is 42.5 Å². The van der Waals surface area contributed by atoms with Gasteiger partial charge in [-0.3, -0.25) is 4.98 Å². The normalized spacial score (nSPS) is 19.9. The molecule has 27 heavy (non-hydrogen) atoms. The second kappa shape index (κ2) is 8.12. The quantitative estimate of drug-likeness (QED) is 0.609. The van der Waals surface area contributed by atoms with E-state index < -0.39 is 0 Å². The smallest absolute Gasteiger partial charge is 0.202 e. The minimum atomic E-state index is 0.772. The molecule has 0 aliphatic carbocycles. The Kier molecular flexibility index (Phi) is 5.42. The van der Waals surface area contributed by atoms with Crippen molar-refractivity contribution in [2.75, 3.05) is 26.2 Å². The molecule has 1 saturated heterocycles. The molecule has 2 aromatic heterocycles. The number of nitrogens with one attached hydrogen (secondary N) is 2. The Hall–Kier alpha value is -2.35. The van der Waals surface area contributed by atoms with Crippen LogP contribution < -0.4 is 9.80 Å². The molecule has 3 heterocycles. The van der Waals surface area contributed by atoms with Crippen molar-refractivity contribution in [3.63, 3.8) is 0 Å². The molecule has 1 fully saturated rings. The molecule has 140 valence electrons. The summed E-state index contributed by atoms with van der Waals surface area (Å²) in [5.41, 5.74) is 2.47. The van der Waals surface area contributed by atoms with Crippen molar-refractivity contribution in [1.82, 2.24) is 19.3 Å². The molecule has 1 aromatic carbocycles. The van der Waals surface area contributed by atoms with Gasteiger partial charge < -0.3 is 14.4 Å². The van der Waals surface area contributed by atoms with E-state index in [2.05, 4.69) is 35.3 Å². The van der Waals surface area contributed by atoms with Crippen LogP contribution in [0.5, 0.6) is 0 Å². The zero-order valence-electron chi connectivity index (χ0n) is 15.6. The maximum atomic E-state index is 5.62. The van der Waals surface area contributed by atoms with Gasteiger partial charge in [-0.1, -0.05) is 30.3 Å². The molecule has 1 aliphatic rings. The predicted molar refractivity (Wildman–Crippen MR) is 107 cm³/mol. The minimum absolute atomic E-state index is 0.772. The van der Waals surface area contributed by atoms with Gasteiger partial charge in [0.05, 0.1) is 0 Å². The van der Waals surface area contributed by atoms with E-state index in [4.69, 9.17) is 17.3 Å². The van der Waals surface area contributed by atoms with E-state index >= 15 is 0 Å². The van der Waals surface area contributed by atoms with Crippen LogP contribution in [0, 0.1) is 4.77 Å². The van der Waals surface area contributed by atoms with Gasteiger partial charge in [0.25, 0.3) is 0 Å². The van der Waals surface area contributed by atoms with Crippen molar-refractivity contribution in [1.29, 1.82) is 0 Å². The maximum absolute atomic E-state index is 5.62. The zero-order valence-corrected chi connectivity index (χ0v) is 16.5. The van der Waals surface area contributed by atoms with E-state index in [9.17, 15) is 0 Å². The van der Waals surface area contributed by atoms with Gasteiger partial charge in [0, 0.05) is 30.6 Å². The second-order valence-corrected chi connectivity index (χ2v) is 7.59. The fourth-order valence-electron chi connectivity index (χ4n) is 3.73. The fraction of sp³-hybridized carbons (Fsp3) is 0.350. The van der Waals surface area contributed by atoms with E-state index in [1.807, 2.05) is 28.4 Å². The van der Waals surface area contributed by atoms with Crippen molar-refractivity contribution >= 4 is 12.2 Å². The highest BCUT2D eigenvalue weighted by Crippen LogP contribution is 2.15. The Morgan fingerprint density at radius 3 is 2.33 bits per heavy atom. The first kappa shape index (κ1) is 18.0. The zero-order chi connectivity index (χ0) is 18.6. The largest absolute Gasteiger partial charge is 0.322 e. The summed E-state index contributed by atoms with van der Waals surface area (Å²) in [7, 11) is 1.98. The lowest BCUT2D eigenvalue weighted by Crippen LogP contribution is -3.27. The number of aromatic nitrogens is 4. The summed E-state index contributed by atoms with van der Waals surface area (Å²) < 4.78 is 4.73. The van der Waals surface area contributed by atoms with Gasteiger partial charge in [0.1, 0.15) is 32.7 Å². The van der Waals surface area contributed by atoms with Crippen LogP contribution in [0.2, 0.25) is 0 Å². The number of nitrogens with zero attached hydrogens (tertiary/aromatic N) is 4. The summed E-state index contributed by atoms with van der Waals surface area (Å²) in [5.74, 6) is 0.898. The lowest BCUT2D eigenvalue weighted by Gasteiger charge is -2.29. The van der Waals surface area contributed by atoms with Crippen LogP contribution >= 0.6 is 12.2 Å². The summed E-state index contributed by atoms with van der Waals surface area (Å²) in [5, 5.41) is 4.78. The van der Waals surface area contributed by atoms with Crippen molar-refractivity contribution in [2.24, 2.45) is 7.05 Å². The van der Waals surface area contributed by atoms with Crippen molar-refractivity contribution in [3.05, 3.63) is 65.2 Å². The van der Waals surface area contributed by atoms with Crippen molar-refractivity contribution in [3.8, 4) is 11.4 Å². The molecule has 0 saturated carbocycles. The topological polar surface area (TPSA) is 44.5 Å². The Morgan fingerprint density at radius 1 is 0.963 bits per heavy atom. The Labute approximate surface area is 164 Å². The second-order valence-electron chi connectivity index (χ2n) is 7.22. The number of rotatable bonds is 5. The van der Waals surface area contributed by atoms with Gasteiger partial charge in [-0.15, -0.1) is 5.10 Å². The molecule has 7 heteroatoms. The van der Waals surface area contributed by atoms with Crippen LogP contribution in [-0.4, -0.2) is 45.5 Å². The van der Waals surface area contributed by atoms with Gasteiger partial charge in [-0.25, -0.2) is 0 Å². The SMILES string of the molecule is Cn1c(-c2ccncc2)nn(C[NH+]2CC[NH+](Cc3ccccc3)CC2)c1=S. The Balaban J connectivity index is 1.39. The molecule has 0 atom stereocenters. The third-order valence-corrected chi connectivity index (χ3v) is 5.80. The number of hydrogen-bond acceptors (Lipinski definition) is 3. The molecule has 4 rings (SSSR count). The van der Waals surface area contributed by atoms with Gasteiger partial charge in [-0.05, 0) is 24.4 Å². The Bertz CT molecular complexity index is 926. The lowest BCUT2D eigenvalue weighted by molar-refractivity contribution is -1.03. The number of quaternary nitrogens is 2. The molecule has 0 unspecified atom stereocenters.